The number of aliphatic imine (C=N–C) groups is 1. The third-order valence-electron chi connectivity index (χ3n) is 6.14. The lowest BCUT2D eigenvalue weighted by atomic mass is 9.82. The van der Waals surface area contributed by atoms with Gasteiger partial charge < -0.3 is 9.47 Å². The van der Waals surface area contributed by atoms with Crippen LogP contribution < -0.4 is 4.72 Å². The summed E-state index contributed by atoms with van der Waals surface area (Å²) in [6.45, 7) is 8.40. The molecule has 8 nitrogen and oxygen atoms in total. The van der Waals surface area contributed by atoms with Crippen molar-refractivity contribution in [3.8, 4) is 0 Å². The van der Waals surface area contributed by atoms with E-state index >= 15 is 0 Å². The molecular weight excluding hydrogens is 516 g/mol. The van der Waals surface area contributed by atoms with Gasteiger partial charge >= 0.3 is 11.9 Å². The number of carbonyl (C=O) groups excluding carboxylic acids is 2. The van der Waals surface area contributed by atoms with E-state index in [9.17, 15) is 18.0 Å². The minimum atomic E-state index is -4.21. The number of rotatable bonds is 7. The summed E-state index contributed by atoms with van der Waals surface area (Å²) in [5.41, 5.74) is -0.652. The molecule has 0 aliphatic carbocycles. The second kappa shape index (κ2) is 10.7. The van der Waals surface area contributed by atoms with Gasteiger partial charge in [0, 0.05) is 16.7 Å². The summed E-state index contributed by atoms with van der Waals surface area (Å²) in [4.78, 5) is 32.6. The van der Waals surface area contributed by atoms with Crippen LogP contribution in [0.4, 0.5) is 0 Å². The summed E-state index contributed by atoms with van der Waals surface area (Å²) in [5, 5.41) is 0. The number of sulfonamides is 1. The number of aryl methyl sites for hydroxylation is 1. The molecule has 204 valence electrons. The van der Waals surface area contributed by atoms with Crippen LogP contribution in [-0.2, 0) is 34.6 Å². The highest BCUT2D eigenvalue weighted by atomic mass is 32.2. The molecule has 0 amide bonds. The fourth-order valence-corrected chi connectivity index (χ4v) is 6.14. The van der Waals surface area contributed by atoms with E-state index in [1.54, 1.807) is 46.8 Å². The third kappa shape index (κ3) is 5.65. The molecule has 1 heterocycles. The van der Waals surface area contributed by atoms with E-state index in [-0.39, 0.29) is 17.1 Å². The van der Waals surface area contributed by atoms with Gasteiger partial charge in [-0.3, -0.25) is 4.99 Å². The molecule has 1 aliphatic rings. The van der Waals surface area contributed by atoms with E-state index in [4.69, 9.17) is 14.5 Å². The average Bonchev–Trinajstić information content (AvgIpc) is 3.11. The van der Waals surface area contributed by atoms with Crippen LogP contribution in [0.3, 0.4) is 0 Å². The van der Waals surface area contributed by atoms with Gasteiger partial charge in [-0.15, -0.1) is 0 Å². The van der Waals surface area contributed by atoms with Crippen molar-refractivity contribution >= 4 is 27.7 Å². The van der Waals surface area contributed by atoms with Crippen LogP contribution in [-0.4, -0.2) is 44.3 Å². The van der Waals surface area contributed by atoms with Crippen LogP contribution in [0.2, 0.25) is 0 Å². The first kappa shape index (κ1) is 28.2. The molecule has 0 saturated heterocycles. The van der Waals surface area contributed by atoms with Crippen molar-refractivity contribution in [3.63, 3.8) is 0 Å². The van der Waals surface area contributed by atoms with Crippen molar-refractivity contribution in [1.29, 1.82) is 0 Å². The van der Waals surface area contributed by atoms with Gasteiger partial charge in [-0.1, -0.05) is 78.4 Å². The van der Waals surface area contributed by atoms with Gasteiger partial charge in [0.15, 0.2) is 11.6 Å². The van der Waals surface area contributed by atoms with Gasteiger partial charge in [0.2, 0.25) is 10.0 Å². The zero-order chi connectivity index (χ0) is 28.4. The standard InChI is InChI=1S/C30H32N2O6S/c1-6-37-28(34)30(23-19-20(2)17-18-24(23)39(35,36)32-30)26(27(33)38-29(3,4)5)31-25(21-13-9-7-10-14-21)22-15-11-8-12-16-22/h7-19,26,32H,6H2,1-5H3/t26-,30+/m1/s1. The lowest BCUT2D eigenvalue weighted by Gasteiger charge is -2.34. The Morgan fingerprint density at radius 3 is 2.03 bits per heavy atom. The van der Waals surface area contributed by atoms with E-state index in [0.717, 1.165) is 0 Å². The second-order valence-electron chi connectivity index (χ2n) is 10.3. The van der Waals surface area contributed by atoms with Crippen LogP contribution in [0.15, 0.2) is 88.8 Å². The Balaban J connectivity index is 2.09. The predicted molar refractivity (Wildman–Crippen MR) is 148 cm³/mol. The summed E-state index contributed by atoms with van der Waals surface area (Å²) in [7, 11) is -4.21. The predicted octanol–water partition coefficient (Wildman–Crippen LogP) is 4.29. The minimum absolute atomic E-state index is 0.0432. The van der Waals surface area contributed by atoms with Crippen LogP contribution in [0.1, 0.15) is 49.9 Å². The van der Waals surface area contributed by atoms with Crippen molar-refractivity contribution in [2.24, 2.45) is 4.99 Å². The molecule has 1 N–H and O–H groups in total. The lowest BCUT2D eigenvalue weighted by Crippen LogP contribution is -2.59. The summed E-state index contributed by atoms with van der Waals surface area (Å²) in [6, 6.07) is 21.3. The SMILES string of the molecule is CCOC(=O)[C@]1([C@H](N=C(c2ccccc2)c2ccccc2)C(=O)OC(C)(C)C)NS(=O)(=O)c2ccc(C)cc21. The highest BCUT2D eigenvalue weighted by Gasteiger charge is 2.61. The van der Waals surface area contributed by atoms with E-state index in [2.05, 4.69) is 4.72 Å². The Morgan fingerprint density at radius 1 is 0.949 bits per heavy atom. The number of ether oxygens (including phenoxy) is 2. The fourth-order valence-electron chi connectivity index (χ4n) is 4.54. The molecule has 0 radical (unpaired) electrons. The van der Waals surface area contributed by atoms with Gasteiger partial charge in [0.1, 0.15) is 5.60 Å². The number of nitrogens with zero attached hydrogens (tertiary/aromatic N) is 1. The topological polar surface area (TPSA) is 111 Å². The van der Waals surface area contributed by atoms with E-state index < -0.39 is 39.1 Å². The Labute approximate surface area is 229 Å². The van der Waals surface area contributed by atoms with Gasteiger partial charge in [0.05, 0.1) is 17.2 Å². The Hall–Kier alpha value is -3.82. The maximum absolute atomic E-state index is 14.0. The number of hydrogen-bond acceptors (Lipinski definition) is 7. The first-order chi connectivity index (χ1) is 18.4. The number of benzene rings is 3. The molecule has 9 heteroatoms. The molecule has 0 spiro atoms. The van der Waals surface area contributed by atoms with Crippen LogP contribution in [0, 0.1) is 6.92 Å². The molecule has 0 bridgehead atoms. The molecule has 0 unspecified atom stereocenters. The molecule has 3 aromatic carbocycles. The summed E-state index contributed by atoms with van der Waals surface area (Å²) >= 11 is 0. The lowest BCUT2D eigenvalue weighted by molar-refractivity contribution is -0.165. The zero-order valence-electron chi connectivity index (χ0n) is 22.6. The van der Waals surface area contributed by atoms with Crippen LogP contribution in [0.25, 0.3) is 0 Å². The number of fused-ring (bicyclic) bond motifs is 1. The second-order valence-corrected chi connectivity index (χ2v) is 11.9. The highest BCUT2D eigenvalue weighted by molar-refractivity contribution is 7.90. The van der Waals surface area contributed by atoms with Crippen molar-refractivity contribution in [2.75, 3.05) is 6.61 Å². The van der Waals surface area contributed by atoms with Gasteiger partial charge in [-0.05, 0) is 40.7 Å². The number of hydrogen-bond donors (Lipinski definition) is 1. The quantitative estimate of drug-likeness (QED) is 0.348. The minimum Gasteiger partial charge on any atom is -0.464 e. The number of nitrogens with one attached hydrogen (secondary N) is 1. The average molecular weight is 549 g/mol. The van der Waals surface area contributed by atoms with Crippen molar-refractivity contribution < 1.29 is 27.5 Å². The zero-order valence-corrected chi connectivity index (χ0v) is 23.4. The van der Waals surface area contributed by atoms with Gasteiger partial charge in [0.25, 0.3) is 0 Å². The maximum Gasteiger partial charge on any atom is 0.334 e. The summed E-state index contributed by atoms with van der Waals surface area (Å²) in [6.07, 6.45) is 0. The number of carbonyl (C=O) groups is 2. The Morgan fingerprint density at radius 2 is 1.51 bits per heavy atom. The third-order valence-corrected chi connectivity index (χ3v) is 7.66. The summed E-state index contributed by atoms with van der Waals surface area (Å²) < 4.78 is 40.5. The highest BCUT2D eigenvalue weighted by Crippen LogP contribution is 2.42. The number of esters is 2. The van der Waals surface area contributed by atoms with Crippen molar-refractivity contribution in [2.45, 2.75) is 56.7 Å². The first-order valence-corrected chi connectivity index (χ1v) is 14.1. The molecule has 2 atom stereocenters. The maximum atomic E-state index is 14.0. The molecule has 3 aromatic rings. The monoisotopic (exact) mass is 548 g/mol. The molecule has 39 heavy (non-hydrogen) atoms. The first-order valence-electron chi connectivity index (χ1n) is 12.6. The van der Waals surface area contributed by atoms with Crippen molar-refractivity contribution in [3.05, 3.63) is 101 Å². The fraction of sp³-hybridized carbons (Fsp3) is 0.300. The molecular formula is C30H32N2O6S. The van der Waals surface area contributed by atoms with E-state index in [1.165, 1.54) is 6.07 Å². The molecule has 1 aliphatic heterocycles. The van der Waals surface area contributed by atoms with Gasteiger partial charge in [-0.2, -0.15) is 4.72 Å². The van der Waals surface area contributed by atoms with Gasteiger partial charge in [-0.25, -0.2) is 18.0 Å². The van der Waals surface area contributed by atoms with Crippen LogP contribution >= 0.6 is 0 Å². The van der Waals surface area contributed by atoms with Crippen molar-refractivity contribution in [1.82, 2.24) is 4.72 Å². The molecule has 0 aromatic heterocycles. The van der Waals surface area contributed by atoms with E-state index in [1.807, 2.05) is 60.7 Å². The molecule has 4 rings (SSSR count). The Bertz CT molecular complexity index is 1470. The largest absolute Gasteiger partial charge is 0.464 e. The smallest absolute Gasteiger partial charge is 0.334 e. The Kier molecular flexibility index (Phi) is 7.77. The normalized spacial score (nSPS) is 18.5. The molecule has 0 fully saturated rings. The molecule has 0 saturated carbocycles. The van der Waals surface area contributed by atoms with E-state index in [0.29, 0.717) is 22.4 Å². The summed E-state index contributed by atoms with van der Waals surface area (Å²) in [5.74, 6) is -1.82. The van der Waals surface area contributed by atoms with Crippen LogP contribution in [0.5, 0.6) is 0 Å².